The van der Waals surface area contributed by atoms with Gasteiger partial charge in [0.15, 0.2) is 34.5 Å². The summed E-state index contributed by atoms with van der Waals surface area (Å²) in [5.74, 6) is 4.27. The van der Waals surface area contributed by atoms with Crippen molar-refractivity contribution in [3.63, 3.8) is 0 Å². The van der Waals surface area contributed by atoms with E-state index in [1.54, 1.807) is 42.7 Å². The summed E-state index contributed by atoms with van der Waals surface area (Å²) in [7, 11) is 9.93. The van der Waals surface area contributed by atoms with Crippen LogP contribution >= 0.6 is 0 Å². The van der Waals surface area contributed by atoms with Gasteiger partial charge in [-0.3, -0.25) is 15.0 Å². The second-order valence-corrected chi connectivity index (χ2v) is 13.2. The zero-order valence-electron chi connectivity index (χ0n) is 32.5. The van der Waals surface area contributed by atoms with E-state index < -0.39 is 0 Å². The van der Waals surface area contributed by atoms with Gasteiger partial charge in [-0.25, -0.2) is 0 Å². The molecule has 0 amide bonds. The number of rotatable bonds is 20. The predicted octanol–water partition coefficient (Wildman–Crippen LogP) is 5.76. The van der Waals surface area contributed by atoms with Crippen LogP contribution in [0.15, 0.2) is 51.4 Å². The van der Waals surface area contributed by atoms with Crippen molar-refractivity contribution in [2.45, 2.75) is 44.6 Å². The average Bonchev–Trinajstić information content (AvgIpc) is 3.21. The summed E-state index contributed by atoms with van der Waals surface area (Å²) in [6.45, 7) is 4.40. The fraction of sp³-hybridized carbons (Fsp3) is 0.500. The Morgan fingerprint density at radius 1 is 0.444 bits per heavy atom. The highest BCUT2D eigenvalue weighted by Crippen LogP contribution is 2.35. The van der Waals surface area contributed by atoms with E-state index in [9.17, 15) is 0 Å². The predicted molar refractivity (Wildman–Crippen MR) is 209 cm³/mol. The molecule has 0 saturated heterocycles. The number of methoxy groups -OCH3 is 6. The third-order valence-electron chi connectivity index (χ3n) is 10.1. The molecule has 0 radical (unpaired) electrons. The summed E-state index contributed by atoms with van der Waals surface area (Å²) in [6.07, 6.45) is 4.29. The van der Waals surface area contributed by atoms with Crippen LogP contribution in [0.5, 0.6) is 34.5 Å². The lowest BCUT2D eigenvalue weighted by atomic mass is 9.95. The Hall–Kier alpha value is -4.65. The Balaban J connectivity index is 1.07. The van der Waals surface area contributed by atoms with Crippen molar-refractivity contribution in [3.05, 3.63) is 69.8 Å². The molecular formula is C42H53N3O9. The minimum Gasteiger partial charge on any atom is -0.493 e. The minimum atomic E-state index is -0.283. The maximum absolute atomic E-state index is 6.46. The van der Waals surface area contributed by atoms with Crippen molar-refractivity contribution < 1.29 is 42.6 Å². The third-order valence-corrected chi connectivity index (χ3v) is 10.1. The van der Waals surface area contributed by atoms with Crippen LogP contribution in [0.2, 0.25) is 0 Å². The fourth-order valence-electron chi connectivity index (χ4n) is 7.25. The van der Waals surface area contributed by atoms with Crippen LogP contribution in [0.25, 0.3) is 0 Å². The van der Waals surface area contributed by atoms with Crippen molar-refractivity contribution >= 4 is 17.1 Å². The highest BCUT2D eigenvalue weighted by atomic mass is 16.6. The van der Waals surface area contributed by atoms with E-state index in [0.717, 1.165) is 90.0 Å². The van der Waals surface area contributed by atoms with Gasteiger partial charge in [-0.15, -0.1) is 0 Å². The average molecular weight is 744 g/mol. The molecular weight excluding hydrogens is 690 g/mol. The zero-order chi connectivity index (χ0) is 37.9. The highest BCUT2D eigenvalue weighted by molar-refractivity contribution is 6.04. The summed E-state index contributed by atoms with van der Waals surface area (Å²) in [5, 5.41) is 0. The van der Waals surface area contributed by atoms with Crippen LogP contribution in [0.4, 0.5) is 0 Å². The molecule has 3 aromatic carbocycles. The lowest BCUT2D eigenvalue weighted by Gasteiger charge is -2.23. The summed E-state index contributed by atoms with van der Waals surface area (Å²) in [5.41, 5.74) is 9.89. The number of fused-ring (bicyclic) bond motifs is 3. The Morgan fingerprint density at radius 3 is 1.09 bits per heavy atom. The second kappa shape index (κ2) is 19.1. The molecule has 290 valence electrons. The molecule has 0 saturated carbocycles. The maximum Gasteiger partial charge on any atom is 0.161 e. The first-order valence-corrected chi connectivity index (χ1v) is 18.6. The van der Waals surface area contributed by atoms with Gasteiger partial charge in [-0.1, -0.05) is 0 Å². The van der Waals surface area contributed by atoms with Crippen LogP contribution in [0.3, 0.4) is 0 Å². The SMILES string of the molecule is COc1cc2c(cc1OC)C(CCOCC(COCCC1=NCCc3cc(OC)c(OC)cc31)OCCC1=NCCc3cc(OC)c(OC)cc31)=NCC2. The molecule has 3 aromatic rings. The standard InChI is InChI=1S/C42H53N3O9/c1-46-37-19-27-7-13-43-34(31(27)22-40(37)49-4)10-16-52-25-30(54-18-12-36-33-24-42(51-6)39(48-3)21-29(33)9-15-45-36)26-53-17-11-35-32-23-41(50-5)38(47-2)20-28(32)8-14-44-35/h19-24,30H,7-18,25-26H2,1-6H3. The minimum absolute atomic E-state index is 0.283. The van der Waals surface area contributed by atoms with Gasteiger partial charge in [0.25, 0.3) is 0 Å². The first-order valence-electron chi connectivity index (χ1n) is 18.6. The molecule has 0 unspecified atom stereocenters. The van der Waals surface area contributed by atoms with Gasteiger partial charge in [-0.05, 0) is 72.4 Å². The molecule has 0 aliphatic carbocycles. The van der Waals surface area contributed by atoms with Crippen LogP contribution in [0.1, 0.15) is 52.6 Å². The zero-order valence-corrected chi connectivity index (χ0v) is 32.5. The van der Waals surface area contributed by atoms with Crippen LogP contribution in [0, 0.1) is 0 Å². The highest BCUT2D eigenvalue weighted by Gasteiger charge is 2.22. The summed E-state index contributed by atoms with van der Waals surface area (Å²) in [6, 6.07) is 12.2. The van der Waals surface area contributed by atoms with Crippen molar-refractivity contribution in [3.8, 4) is 34.5 Å². The van der Waals surface area contributed by atoms with E-state index >= 15 is 0 Å². The van der Waals surface area contributed by atoms with E-state index in [1.165, 1.54) is 16.7 Å². The monoisotopic (exact) mass is 743 g/mol. The van der Waals surface area contributed by atoms with Crippen molar-refractivity contribution in [1.82, 2.24) is 0 Å². The van der Waals surface area contributed by atoms with Crippen molar-refractivity contribution in [2.24, 2.45) is 15.0 Å². The van der Waals surface area contributed by atoms with E-state index in [2.05, 4.69) is 18.2 Å². The van der Waals surface area contributed by atoms with Crippen LogP contribution in [-0.2, 0) is 33.5 Å². The normalized spacial score (nSPS) is 14.6. The van der Waals surface area contributed by atoms with Gasteiger partial charge in [0.05, 0.1) is 75.7 Å². The number of benzene rings is 3. The summed E-state index contributed by atoms with van der Waals surface area (Å²) in [4.78, 5) is 14.5. The Bertz CT molecular complexity index is 1770. The molecule has 12 nitrogen and oxygen atoms in total. The number of nitrogens with zero attached hydrogens (tertiary/aromatic N) is 3. The molecule has 54 heavy (non-hydrogen) atoms. The van der Waals surface area contributed by atoms with Crippen LogP contribution < -0.4 is 28.4 Å². The molecule has 0 atom stereocenters. The van der Waals surface area contributed by atoms with E-state index in [0.29, 0.717) is 69.5 Å². The molecule has 0 aromatic heterocycles. The third kappa shape index (κ3) is 9.17. The molecule has 0 bridgehead atoms. The number of ether oxygens (including phenoxy) is 9. The molecule has 3 aliphatic heterocycles. The molecule has 0 N–H and O–H groups in total. The van der Waals surface area contributed by atoms with E-state index in [1.807, 2.05) is 18.2 Å². The van der Waals surface area contributed by atoms with Gasteiger partial charge < -0.3 is 42.6 Å². The Morgan fingerprint density at radius 2 is 0.759 bits per heavy atom. The first-order chi connectivity index (χ1) is 26.5. The largest absolute Gasteiger partial charge is 0.493 e. The van der Waals surface area contributed by atoms with Crippen molar-refractivity contribution in [2.75, 3.05) is 95.3 Å². The molecule has 0 fully saturated rings. The maximum atomic E-state index is 6.46. The van der Waals surface area contributed by atoms with E-state index in [4.69, 9.17) is 57.6 Å². The molecule has 12 heteroatoms. The topological polar surface area (TPSA) is 120 Å². The molecule has 3 aliphatic rings. The van der Waals surface area contributed by atoms with Gasteiger partial charge in [0.1, 0.15) is 6.10 Å². The number of hydrogen-bond acceptors (Lipinski definition) is 12. The lowest BCUT2D eigenvalue weighted by Crippen LogP contribution is -2.28. The number of hydrogen-bond donors (Lipinski definition) is 0. The number of aliphatic imine (C=N–C) groups is 3. The quantitative estimate of drug-likeness (QED) is 0.133. The van der Waals surface area contributed by atoms with Gasteiger partial charge in [0.2, 0.25) is 0 Å². The first kappa shape index (κ1) is 39.1. The Kier molecular flexibility index (Phi) is 13.8. The molecule has 0 spiro atoms. The summed E-state index contributed by atoms with van der Waals surface area (Å²) < 4.78 is 52.3. The summed E-state index contributed by atoms with van der Waals surface area (Å²) >= 11 is 0. The second-order valence-electron chi connectivity index (χ2n) is 13.2. The van der Waals surface area contributed by atoms with Gasteiger partial charge in [-0.2, -0.15) is 0 Å². The van der Waals surface area contributed by atoms with Gasteiger partial charge in [0, 0.05) is 72.7 Å². The lowest BCUT2D eigenvalue weighted by molar-refractivity contribution is -0.0561. The molecule has 3 heterocycles. The Labute approximate surface area is 318 Å². The molecule has 6 rings (SSSR count). The van der Waals surface area contributed by atoms with Crippen LogP contribution in [-0.4, -0.2) is 119 Å². The van der Waals surface area contributed by atoms with Gasteiger partial charge >= 0.3 is 0 Å². The van der Waals surface area contributed by atoms with Crippen molar-refractivity contribution in [1.29, 1.82) is 0 Å². The smallest absolute Gasteiger partial charge is 0.161 e. The van der Waals surface area contributed by atoms with E-state index in [-0.39, 0.29) is 6.10 Å². The fourth-order valence-corrected chi connectivity index (χ4v) is 7.25.